The van der Waals surface area contributed by atoms with Crippen LogP contribution in [-0.2, 0) is 4.74 Å². The van der Waals surface area contributed by atoms with Crippen LogP contribution in [-0.4, -0.2) is 19.8 Å². The van der Waals surface area contributed by atoms with E-state index in [1.165, 1.54) is 5.56 Å². The highest BCUT2D eigenvalue weighted by Crippen LogP contribution is 2.35. The van der Waals surface area contributed by atoms with Gasteiger partial charge in [0.05, 0.1) is 11.4 Å². The Morgan fingerprint density at radius 2 is 2.00 bits per heavy atom. The molecule has 0 aromatic heterocycles. The van der Waals surface area contributed by atoms with Crippen molar-refractivity contribution in [1.82, 2.24) is 0 Å². The molecule has 0 amide bonds. The van der Waals surface area contributed by atoms with Gasteiger partial charge in [-0.15, -0.1) is 0 Å². The van der Waals surface area contributed by atoms with E-state index >= 15 is 0 Å². The summed E-state index contributed by atoms with van der Waals surface area (Å²) in [5.74, 6) is 0.722. The van der Waals surface area contributed by atoms with Crippen LogP contribution in [0.1, 0.15) is 32.3 Å². The maximum Gasteiger partial charge on any atom is 0.0576 e. The topological polar surface area (TPSA) is 47.3 Å². The van der Waals surface area contributed by atoms with Crippen LogP contribution in [0.25, 0.3) is 0 Å². The van der Waals surface area contributed by atoms with Crippen LogP contribution in [0.15, 0.2) is 18.2 Å². The normalized spacial score (nSPS) is 17.4. The molecule has 19 heavy (non-hydrogen) atoms. The molecule has 1 aliphatic heterocycles. The molecule has 1 fully saturated rings. The predicted octanol–water partition coefficient (Wildman–Crippen LogP) is 3.44. The molecule has 0 saturated carbocycles. The predicted molar refractivity (Wildman–Crippen MR) is 81.4 cm³/mol. The zero-order valence-electron chi connectivity index (χ0n) is 12.3. The van der Waals surface area contributed by atoms with E-state index in [1.54, 1.807) is 0 Å². The largest absolute Gasteiger partial charge is 0.397 e. The highest BCUT2D eigenvalue weighted by atomic mass is 16.5. The Balaban J connectivity index is 1.98. The van der Waals surface area contributed by atoms with Gasteiger partial charge in [0.2, 0.25) is 0 Å². The number of nitrogen functional groups attached to an aromatic ring is 1. The molecule has 0 unspecified atom stereocenters. The van der Waals surface area contributed by atoms with Gasteiger partial charge in [-0.25, -0.2) is 0 Å². The minimum atomic E-state index is 0.264. The lowest BCUT2D eigenvalue weighted by Gasteiger charge is -2.37. The Morgan fingerprint density at radius 1 is 1.32 bits per heavy atom. The first-order valence-corrected chi connectivity index (χ1v) is 7.17. The molecule has 0 radical (unpaired) electrons. The van der Waals surface area contributed by atoms with Crippen molar-refractivity contribution in [3.63, 3.8) is 0 Å². The number of ether oxygens (including phenoxy) is 1. The maximum atomic E-state index is 6.01. The number of rotatable bonds is 4. The molecule has 1 aromatic carbocycles. The average molecular weight is 262 g/mol. The summed E-state index contributed by atoms with van der Waals surface area (Å²) in [5.41, 5.74) is 9.40. The molecule has 0 spiro atoms. The fraction of sp³-hybridized carbons (Fsp3) is 0.625. The van der Waals surface area contributed by atoms with Crippen molar-refractivity contribution in [2.75, 3.05) is 30.8 Å². The fourth-order valence-electron chi connectivity index (χ4n) is 2.77. The van der Waals surface area contributed by atoms with E-state index < -0.39 is 0 Å². The number of nitrogens with two attached hydrogens (primary N) is 1. The number of anilines is 2. The van der Waals surface area contributed by atoms with E-state index in [-0.39, 0.29) is 5.41 Å². The standard InChI is InChI=1S/C16H26N2O/c1-12-4-5-14(17)15(10-12)18-11-16(2,3)13-6-8-19-9-7-13/h4-5,10,13,18H,6-9,11,17H2,1-3H3. The van der Waals surface area contributed by atoms with Gasteiger partial charge >= 0.3 is 0 Å². The second kappa shape index (κ2) is 5.83. The van der Waals surface area contributed by atoms with Crippen LogP contribution in [0.4, 0.5) is 11.4 Å². The molecule has 0 atom stereocenters. The van der Waals surface area contributed by atoms with Crippen molar-refractivity contribution >= 4 is 11.4 Å². The molecule has 3 N–H and O–H groups in total. The Labute approximate surface area is 116 Å². The van der Waals surface area contributed by atoms with E-state index in [9.17, 15) is 0 Å². The van der Waals surface area contributed by atoms with Crippen LogP contribution < -0.4 is 11.1 Å². The van der Waals surface area contributed by atoms with Gasteiger partial charge in [0.25, 0.3) is 0 Å². The van der Waals surface area contributed by atoms with E-state index in [4.69, 9.17) is 10.5 Å². The number of benzene rings is 1. The maximum absolute atomic E-state index is 6.01. The summed E-state index contributed by atoms with van der Waals surface area (Å²) in [4.78, 5) is 0. The molecule has 0 bridgehead atoms. The molecular formula is C16H26N2O. The lowest BCUT2D eigenvalue weighted by molar-refractivity contribution is 0.0269. The van der Waals surface area contributed by atoms with Gasteiger partial charge in [0, 0.05) is 19.8 Å². The number of nitrogens with one attached hydrogen (secondary N) is 1. The number of aryl methyl sites for hydroxylation is 1. The SMILES string of the molecule is Cc1ccc(N)c(NCC(C)(C)C2CCOCC2)c1. The molecule has 1 heterocycles. The van der Waals surface area contributed by atoms with Crippen molar-refractivity contribution in [1.29, 1.82) is 0 Å². The quantitative estimate of drug-likeness (QED) is 0.817. The lowest BCUT2D eigenvalue weighted by Crippen LogP contribution is -2.35. The monoisotopic (exact) mass is 262 g/mol. The third-order valence-corrected chi connectivity index (χ3v) is 4.27. The summed E-state index contributed by atoms with van der Waals surface area (Å²) in [6.07, 6.45) is 2.33. The summed E-state index contributed by atoms with van der Waals surface area (Å²) in [5, 5.41) is 3.53. The van der Waals surface area contributed by atoms with E-state index in [2.05, 4.69) is 32.2 Å². The van der Waals surface area contributed by atoms with E-state index in [1.807, 2.05) is 12.1 Å². The summed E-state index contributed by atoms with van der Waals surface area (Å²) in [6.45, 7) is 9.52. The van der Waals surface area contributed by atoms with Crippen LogP contribution >= 0.6 is 0 Å². The molecule has 2 rings (SSSR count). The van der Waals surface area contributed by atoms with Crippen molar-refractivity contribution in [3.8, 4) is 0 Å². The molecule has 3 heteroatoms. The van der Waals surface area contributed by atoms with Crippen LogP contribution in [0.3, 0.4) is 0 Å². The lowest BCUT2D eigenvalue weighted by atomic mass is 9.74. The highest BCUT2D eigenvalue weighted by molar-refractivity contribution is 5.66. The zero-order chi connectivity index (χ0) is 13.9. The molecule has 1 saturated heterocycles. The number of hydrogen-bond acceptors (Lipinski definition) is 3. The minimum absolute atomic E-state index is 0.264. The molecule has 3 nitrogen and oxygen atoms in total. The molecule has 1 aromatic rings. The van der Waals surface area contributed by atoms with Crippen LogP contribution in [0.2, 0.25) is 0 Å². The van der Waals surface area contributed by atoms with Gasteiger partial charge in [-0.1, -0.05) is 19.9 Å². The van der Waals surface area contributed by atoms with E-state index in [0.29, 0.717) is 0 Å². The van der Waals surface area contributed by atoms with Gasteiger partial charge in [-0.3, -0.25) is 0 Å². The molecule has 106 valence electrons. The van der Waals surface area contributed by atoms with Crippen molar-refractivity contribution in [2.24, 2.45) is 11.3 Å². The van der Waals surface area contributed by atoms with Crippen LogP contribution in [0, 0.1) is 18.3 Å². The molecule has 1 aliphatic rings. The Bertz CT molecular complexity index is 423. The van der Waals surface area contributed by atoms with Crippen molar-refractivity contribution < 1.29 is 4.74 Å². The second-order valence-electron chi connectivity index (χ2n) is 6.32. The average Bonchev–Trinajstić information content (AvgIpc) is 2.41. The summed E-state index contributed by atoms with van der Waals surface area (Å²) in [7, 11) is 0. The summed E-state index contributed by atoms with van der Waals surface area (Å²) < 4.78 is 5.45. The minimum Gasteiger partial charge on any atom is -0.397 e. The highest BCUT2D eigenvalue weighted by Gasteiger charge is 2.30. The molecular weight excluding hydrogens is 236 g/mol. The first-order valence-electron chi connectivity index (χ1n) is 7.17. The van der Waals surface area contributed by atoms with Crippen molar-refractivity contribution in [3.05, 3.63) is 23.8 Å². The van der Waals surface area contributed by atoms with Gasteiger partial charge in [-0.05, 0) is 48.8 Å². The third kappa shape index (κ3) is 3.63. The molecule has 0 aliphatic carbocycles. The Kier molecular flexibility index (Phi) is 4.35. The summed E-state index contributed by atoms with van der Waals surface area (Å²) >= 11 is 0. The summed E-state index contributed by atoms with van der Waals surface area (Å²) in [6, 6.07) is 6.14. The third-order valence-electron chi connectivity index (χ3n) is 4.27. The van der Waals surface area contributed by atoms with E-state index in [0.717, 1.165) is 49.9 Å². The second-order valence-corrected chi connectivity index (χ2v) is 6.32. The Hall–Kier alpha value is -1.22. The van der Waals surface area contributed by atoms with Gasteiger partial charge in [-0.2, -0.15) is 0 Å². The van der Waals surface area contributed by atoms with Gasteiger partial charge < -0.3 is 15.8 Å². The first kappa shape index (κ1) is 14.2. The number of hydrogen-bond donors (Lipinski definition) is 2. The smallest absolute Gasteiger partial charge is 0.0576 e. The van der Waals surface area contributed by atoms with Crippen LogP contribution in [0.5, 0.6) is 0 Å². The zero-order valence-corrected chi connectivity index (χ0v) is 12.3. The fourth-order valence-corrected chi connectivity index (χ4v) is 2.77. The van der Waals surface area contributed by atoms with Crippen molar-refractivity contribution in [2.45, 2.75) is 33.6 Å². The Morgan fingerprint density at radius 3 is 2.68 bits per heavy atom. The van der Waals surface area contributed by atoms with Gasteiger partial charge in [0.1, 0.15) is 0 Å². The van der Waals surface area contributed by atoms with Gasteiger partial charge in [0.15, 0.2) is 0 Å². The first-order chi connectivity index (χ1) is 8.99.